The predicted molar refractivity (Wildman–Crippen MR) is 64.8 cm³/mol. The average molecular weight is 249 g/mol. The van der Waals surface area contributed by atoms with Crippen LogP contribution >= 0.6 is 11.6 Å². The first-order valence-corrected chi connectivity index (χ1v) is 6.35. The van der Waals surface area contributed by atoms with Gasteiger partial charge in [-0.15, -0.1) is 11.6 Å². The lowest BCUT2D eigenvalue weighted by Gasteiger charge is -2.34. The van der Waals surface area contributed by atoms with Crippen LogP contribution in [0.3, 0.4) is 0 Å². The zero-order valence-electron chi connectivity index (χ0n) is 10.0. The van der Waals surface area contributed by atoms with Gasteiger partial charge >= 0.3 is 0 Å². The van der Waals surface area contributed by atoms with Crippen LogP contribution in [-0.2, 0) is 9.53 Å². The first-order chi connectivity index (χ1) is 7.61. The van der Waals surface area contributed by atoms with E-state index in [1.54, 1.807) is 0 Å². The van der Waals surface area contributed by atoms with E-state index in [1.807, 2.05) is 13.8 Å². The van der Waals surface area contributed by atoms with Crippen molar-refractivity contribution in [3.63, 3.8) is 0 Å². The largest absolute Gasteiger partial charge is 0.373 e. The minimum Gasteiger partial charge on any atom is -0.373 e. The molecule has 1 aliphatic heterocycles. The summed E-state index contributed by atoms with van der Waals surface area (Å²) in [4.78, 5) is 13.7. The van der Waals surface area contributed by atoms with Gasteiger partial charge < -0.3 is 10.1 Å². The van der Waals surface area contributed by atoms with Crippen LogP contribution in [0.4, 0.5) is 0 Å². The lowest BCUT2D eigenvalue weighted by Crippen LogP contribution is -2.49. The minimum atomic E-state index is 0.0754. The summed E-state index contributed by atoms with van der Waals surface area (Å²) in [5.74, 6) is 0.665. The van der Waals surface area contributed by atoms with Crippen molar-refractivity contribution in [1.29, 1.82) is 0 Å². The van der Waals surface area contributed by atoms with Crippen molar-refractivity contribution in [2.24, 2.45) is 0 Å². The molecule has 2 atom stereocenters. The number of hydrogen-bond donors (Lipinski definition) is 1. The molecule has 1 N–H and O–H groups in total. The third kappa shape index (κ3) is 5.14. The molecule has 0 aromatic heterocycles. The lowest BCUT2D eigenvalue weighted by atomic mass is 10.2. The summed E-state index contributed by atoms with van der Waals surface area (Å²) in [6.45, 7) is 6.85. The monoisotopic (exact) mass is 248 g/mol. The molecule has 0 unspecified atom stereocenters. The molecule has 4 nitrogen and oxygen atoms in total. The van der Waals surface area contributed by atoms with Crippen molar-refractivity contribution in [2.45, 2.75) is 32.5 Å². The summed E-state index contributed by atoms with van der Waals surface area (Å²) >= 11 is 5.54. The van der Waals surface area contributed by atoms with E-state index in [2.05, 4.69) is 10.2 Å². The SMILES string of the molecule is C[C@@H]1CN(CC(=O)NCCCCl)C[C@H](C)O1. The first kappa shape index (κ1) is 13.7. The number of halogens is 1. The molecule has 1 fully saturated rings. The number of nitrogens with one attached hydrogen (secondary N) is 1. The molecule has 1 aliphatic rings. The van der Waals surface area contributed by atoms with Crippen molar-refractivity contribution in [2.75, 3.05) is 32.1 Å². The van der Waals surface area contributed by atoms with Gasteiger partial charge in [0.25, 0.3) is 0 Å². The zero-order chi connectivity index (χ0) is 12.0. The smallest absolute Gasteiger partial charge is 0.234 e. The van der Waals surface area contributed by atoms with Gasteiger partial charge in [0.2, 0.25) is 5.91 Å². The number of amides is 1. The lowest BCUT2D eigenvalue weighted by molar-refractivity contribution is -0.125. The van der Waals surface area contributed by atoms with E-state index >= 15 is 0 Å². The van der Waals surface area contributed by atoms with Gasteiger partial charge in [0.15, 0.2) is 0 Å². The zero-order valence-corrected chi connectivity index (χ0v) is 10.8. The van der Waals surface area contributed by atoms with E-state index < -0.39 is 0 Å². The summed E-state index contributed by atoms with van der Waals surface area (Å²) in [7, 11) is 0. The number of morpholine rings is 1. The second-order valence-corrected chi connectivity index (χ2v) is 4.72. The van der Waals surface area contributed by atoms with Crippen LogP contribution in [0.25, 0.3) is 0 Å². The topological polar surface area (TPSA) is 41.6 Å². The Morgan fingerprint density at radius 1 is 1.44 bits per heavy atom. The molecular formula is C11H21ClN2O2. The Morgan fingerprint density at radius 2 is 2.06 bits per heavy atom. The van der Waals surface area contributed by atoms with E-state index in [9.17, 15) is 4.79 Å². The quantitative estimate of drug-likeness (QED) is 0.579. The van der Waals surface area contributed by atoms with Crippen LogP contribution in [0.5, 0.6) is 0 Å². The van der Waals surface area contributed by atoms with E-state index in [0.717, 1.165) is 19.5 Å². The molecule has 0 aromatic rings. The second kappa shape index (κ2) is 7.09. The number of hydrogen-bond acceptors (Lipinski definition) is 3. The molecule has 0 radical (unpaired) electrons. The average Bonchev–Trinajstić information content (AvgIpc) is 2.16. The van der Waals surface area contributed by atoms with Gasteiger partial charge in [-0.05, 0) is 20.3 Å². The predicted octanol–water partition coefficient (Wildman–Crippen LogP) is 0.841. The maximum Gasteiger partial charge on any atom is 0.234 e. The van der Waals surface area contributed by atoms with Crippen LogP contribution in [0, 0.1) is 0 Å². The molecular weight excluding hydrogens is 228 g/mol. The third-order valence-electron chi connectivity index (χ3n) is 2.50. The molecule has 1 heterocycles. The Bertz CT molecular complexity index is 216. The van der Waals surface area contributed by atoms with Gasteiger partial charge in [0.05, 0.1) is 18.8 Å². The van der Waals surface area contributed by atoms with Gasteiger partial charge in [-0.2, -0.15) is 0 Å². The summed E-state index contributed by atoms with van der Waals surface area (Å²) < 4.78 is 5.61. The maximum absolute atomic E-state index is 11.6. The van der Waals surface area contributed by atoms with Crippen LogP contribution in [0.2, 0.25) is 0 Å². The number of alkyl halides is 1. The van der Waals surface area contributed by atoms with Crippen molar-refractivity contribution in [3.8, 4) is 0 Å². The molecule has 1 rings (SSSR count). The normalized spacial score (nSPS) is 26.7. The van der Waals surface area contributed by atoms with Gasteiger partial charge in [-0.25, -0.2) is 0 Å². The molecule has 5 heteroatoms. The molecule has 0 spiro atoms. The van der Waals surface area contributed by atoms with E-state index in [0.29, 0.717) is 19.0 Å². The minimum absolute atomic E-state index is 0.0754. The maximum atomic E-state index is 11.6. The number of rotatable bonds is 5. The van der Waals surface area contributed by atoms with Crippen LogP contribution in [0.1, 0.15) is 20.3 Å². The fourth-order valence-electron chi connectivity index (χ4n) is 1.97. The Morgan fingerprint density at radius 3 is 2.62 bits per heavy atom. The van der Waals surface area contributed by atoms with E-state index in [-0.39, 0.29) is 18.1 Å². The fourth-order valence-corrected chi connectivity index (χ4v) is 2.10. The number of carbonyl (C=O) groups is 1. The van der Waals surface area contributed by atoms with Gasteiger partial charge in [-0.3, -0.25) is 9.69 Å². The Labute approximate surface area is 102 Å². The van der Waals surface area contributed by atoms with Gasteiger partial charge in [0.1, 0.15) is 0 Å². The summed E-state index contributed by atoms with van der Waals surface area (Å²) in [6, 6.07) is 0. The molecule has 94 valence electrons. The van der Waals surface area contributed by atoms with Crippen molar-refractivity contribution in [1.82, 2.24) is 10.2 Å². The molecule has 0 saturated carbocycles. The standard InChI is InChI=1S/C11H21ClN2O2/c1-9-6-14(7-10(2)16-9)8-11(15)13-5-3-4-12/h9-10H,3-8H2,1-2H3,(H,13,15)/t9-,10+. The van der Waals surface area contributed by atoms with Gasteiger partial charge in [-0.1, -0.05) is 0 Å². The summed E-state index contributed by atoms with van der Waals surface area (Å²) in [6.07, 6.45) is 1.24. The molecule has 0 aromatic carbocycles. The fraction of sp³-hybridized carbons (Fsp3) is 0.909. The number of nitrogens with zero attached hydrogens (tertiary/aromatic N) is 1. The van der Waals surface area contributed by atoms with Crippen LogP contribution in [0.15, 0.2) is 0 Å². The highest BCUT2D eigenvalue weighted by molar-refractivity contribution is 6.17. The van der Waals surface area contributed by atoms with Crippen LogP contribution < -0.4 is 5.32 Å². The Balaban J connectivity index is 2.22. The van der Waals surface area contributed by atoms with Crippen molar-refractivity contribution < 1.29 is 9.53 Å². The number of ether oxygens (including phenoxy) is 1. The highest BCUT2D eigenvalue weighted by Gasteiger charge is 2.23. The van der Waals surface area contributed by atoms with Crippen LogP contribution in [-0.4, -0.2) is 55.1 Å². The number of carbonyl (C=O) groups excluding carboxylic acids is 1. The van der Waals surface area contributed by atoms with Crippen molar-refractivity contribution in [3.05, 3.63) is 0 Å². The van der Waals surface area contributed by atoms with Crippen molar-refractivity contribution >= 4 is 17.5 Å². The second-order valence-electron chi connectivity index (χ2n) is 4.34. The first-order valence-electron chi connectivity index (χ1n) is 5.82. The summed E-state index contributed by atoms with van der Waals surface area (Å²) in [5, 5.41) is 2.85. The molecule has 0 aliphatic carbocycles. The molecule has 16 heavy (non-hydrogen) atoms. The Hall–Kier alpha value is -0.320. The highest BCUT2D eigenvalue weighted by Crippen LogP contribution is 2.09. The third-order valence-corrected chi connectivity index (χ3v) is 2.76. The highest BCUT2D eigenvalue weighted by atomic mass is 35.5. The molecule has 1 amide bonds. The molecule has 1 saturated heterocycles. The van der Waals surface area contributed by atoms with E-state index in [1.165, 1.54) is 0 Å². The van der Waals surface area contributed by atoms with E-state index in [4.69, 9.17) is 16.3 Å². The van der Waals surface area contributed by atoms with Gasteiger partial charge in [0, 0.05) is 25.5 Å². The summed E-state index contributed by atoms with van der Waals surface area (Å²) in [5.41, 5.74) is 0. The molecule has 0 bridgehead atoms. The Kier molecular flexibility index (Phi) is 6.09.